The second-order valence-electron chi connectivity index (χ2n) is 8.44. The molecule has 2 aromatic rings. The molecule has 4 nitrogen and oxygen atoms in total. The Bertz CT molecular complexity index is 1330. The number of amides is 2. The minimum atomic E-state index is -5.33. The third-order valence-electron chi connectivity index (χ3n) is 5.42. The van der Waals surface area contributed by atoms with E-state index in [4.69, 9.17) is 23.2 Å². The number of nitrogens with one attached hydrogen (secondary N) is 1. The van der Waals surface area contributed by atoms with Crippen molar-refractivity contribution in [2.75, 3.05) is 20.1 Å². The number of halogens is 12. The summed E-state index contributed by atoms with van der Waals surface area (Å²) in [4.78, 5) is 24.3. The molecule has 0 aliphatic rings. The van der Waals surface area contributed by atoms with E-state index in [2.05, 4.69) is 6.58 Å². The Morgan fingerprint density at radius 2 is 1.56 bits per heavy atom. The maximum Gasteiger partial charge on any atom is 0.417 e. The highest BCUT2D eigenvalue weighted by atomic mass is 35.5. The van der Waals surface area contributed by atoms with Gasteiger partial charge in [-0.25, -0.2) is 4.39 Å². The summed E-state index contributed by atoms with van der Waals surface area (Å²) in [5.74, 6) is -7.28. The molecule has 0 heterocycles. The summed E-state index contributed by atoms with van der Waals surface area (Å²) in [6.45, 7) is 0.610. The molecule has 1 atom stereocenters. The molecular formula is C25H18Cl2F10N2O2. The Morgan fingerprint density at radius 3 is 2.02 bits per heavy atom. The topological polar surface area (TPSA) is 49.4 Å². The van der Waals surface area contributed by atoms with Gasteiger partial charge in [-0.2, -0.15) is 39.5 Å². The second-order valence-corrected chi connectivity index (χ2v) is 9.26. The molecule has 2 amide bonds. The number of carbonyl (C=O) groups excluding carboxylic acids is 2. The van der Waals surface area contributed by atoms with Gasteiger partial charge in [-0.3, -0.25) is 9.59 Å². The van der Waals surface area contributed by atoms with Crippen LogP contribution in [0.3, 0.4) is 0 Å². The van der Waals surface area contributed by atoms with Gasteiger partial charge in [-0.1, -0.05) is 41.9 Å². The summed E-state index contributed by atoms with van der Waals surface area (Å²) < 4.78 is 135. The lowest BCUT2D eigenvalue weighted by Gasteiger charge is -2.20. The molecule has 2 rings (SSSR count). The zero-order valence-corrected chi connectivity index (χ0v) is 22.1. The van der Waals surface area contributed by atoms with Crippen LogP contribution in [-0.2, 0) is 11.0 Å². The van der Waals surface area contributed by atoms with E-state index in [-0.39, 0.29) is 32.7 Å². The molecule has 0 saturated carbocycles. The van der Waals surface area contributed by atoms with E-state index in [0.717, 1.165) is 19.2 Å². The van der Waals surface area contributed by atoms with Gasteiger partial charge in [0.15, 0.2) is 0 Å². The van der Waals surface area contributed by atoms with Gasteiger partial charge in [0.2, 0.25) is 5.91 Å². The number of likely N-dealkylation sites (N-methyl/N-ethyl adjacent to an activating group) is 1. The molecule has 1 unspecified atom stereocenters. The van der Waals surface area contributed by atoms with Crippen LogP contribution >= 0.6 is 23.2 Å². The number of alkyl halides is 9. The quantitative estimate of drug-likeness (QED) is 0.297. The zero-order valence-electron chi connectivity index (χ0n) is 20.5. The number of rotatable bonds is 8. The molecule has 0 aromatic heterocycles. The lowest BCUT2D eigenvalue weighted by atomic mass is 9.94. The molecule has 0 saturated heterocycles. The fourth-order valence-corrected chi connectivity index (χ4v) is 4.13. The smallest absolute Gasteiger partial charge is 0.343 e. The van der Waals surface area contributed by atoms with Crippen molar-refractivity contribution in [1.82, 2.24) is 10.2 Å². The summed E-state index contributed by atoms with van der Waals surface area (Å²) in [6, 6.07) is 2.79. The summed E-state index contributed by atoms with van der Waals surface area (Å²) in [6.07, 6.45) is -14.1. The van der Waals surface area contributed by atoms with Crippen LogP contribution in [0.25, 0.3) is 11.9 Å². The molecule has 2 aromatic carbocycles. The number of carbonyl (C=O) groups is 2. The van der Waals surface area contributed by atoms with Gasteiger partial charge >= 0.3 is 18.5 Å². The van der Waals surface area contributed by atoms with Crippen LogP contribution in [0, 0.1) is 0 Å². The Morgan fingerprint density at radius 1 is 1.00 bits per heavy atom. The first kappa shape index (κ1) is 33.9. The lowest BCUT2D eigenvalue weighted by molar-refractivity contribution is -0.157. The standard InChI is InChI=1S/C25H18Cl2F10N2O2/c1-3-14-18(26)7-13(8-19(14)27)16(24(32,33)34)9-20(28)12-4-5-15(17(6-12)25(35,36)37)22(41)38-10-21(40)39(2)11-23(29,30)31/h3-9,16H,1,10-11H2,2H3,(H,38,41). The molecule has 224 valence electrons. The van der Waals surface area contributed by atoms with Crippen LogP contribution in [0.4, 0.5) is 43.9 Å². The predicted molar refractivity (Wildman–Crippen MR) is 132 cm³/mol. The van der Waals surface area contributed by atoms with Crippen molar-refractivity contribution >= 4 is 46.9 Å². The Hall–Kier alpha value is -3.26. The van der Waals surface area contributed by atoms with Gasteiger partial charge in [0.1, 0.15) is 18.3 Å². The van der Waals surface area contributed by atoms with Crippen molar-refractivity contribution in [2.24, 2.45) is 0 Å². The summed E-state index contributed by atoms with van der Waals surface area (Å²) >= 11 is 11.8. The highest BCUT2D eigenvalue weighted by Gasteiger charge is 2.41. The molecule has 0 spiro atoms. The van der Waals surface area contributed by atoms with Crippen molar-refractivity contribution in [2.45, 2.75) is 24.4 Å². The summed E-state index contributed by atoms with van der Waals surface area (Å²) in [7, 11) is 0.747. The third-order valence-corrected chi connectivity index (χ3v) is 6.04. The molecule has 16 heteroatoms. The molecular weight excluding hydrogens is 621 g/mol. The number of allylic oxidation sites excluding steroid dienone is 1. The van der Waals surface area contributed by atoms with Crippen molar-refractivity contribution < 1.29 is 53.5 Å². The van der Waals surface area contributed by atoms with E-state index in [1.807, 2.05) is 0 Å². The summed E-state index contributed by atoms with van der Waals surface area (Å²) in [5, 5.41) is 1.24. The van der Waals surface area contributed by atoms with E-state index in [0.29, 0.717) is 12.1 Å². The van der Waals surface area contributed by atoms with Gasteiger partial charge in [-0.05, 0) is 35.9 Å². The average molecular weight is 639 g/mol. The molecule has 0 aliphatic heterocycles. The van der Waals surface area contributed by atoms with Crippen LogP contribution in [0.5, 0.6) is 0 Å². The zero-order chi connectivity index (χ0) is 31.5. The first-order valence-electron chi connectivity index (χ1n) is 11.0. The normalized spacial score (nSPS) is 13.5. The van der Waals surface area contributed by atoms with E-state index >= 15 is 0 Å². The average Bonchev–Trinajstić information content (AvgIpc) is 2.82. The van der Waals surface area contributed by atoms with Crippen molar-refractivity contribution in [3.05, 3.63) is 80.8 Å². The van der Waals surface area contributed by atoms with Crippen LogP contribution in [0.2, 0.25) is 10.0 Å². The second kappa shape index (κ2) is 12.7. The third kappa shape index (κ3) is 9.12. The SMILES string of the molecule is C=Cc1c(Cl)cc(C(C=C(F)c2ccc(C(=O)NCC(=O)N(C)CC(F)(F)F)c(C(F)(F)F)c2)C(F)(F)F)cc1Cl. The van der Waals surface area contributed by atoms with E-state index in [1.54, 1.807) is 5.32 Å². The minimum absolute atomic E-state index is 0.0000409. The largest absolute Gasteiger partial charge is 0.417 e. The van der Waals surface area contributed by atoms with Crippen LogP contribution < -0.4 is 5.32 Å². The van der Waals surface area contributed by atoms with Crippen molar-refractivity contribution in [3.63, 3.8) is 0 Å². The van der Waals surface area contributed by atoms with Crippen molar-refractivity contribution in [3.8, 4) is 0 Å². The Kier molecular flexibility index (Phi) is 10.5. The molecule has 0 aliphatic carbocycles. The molecule has 0 fully saturated rings. The fourth-order valence-electron chi connectivity index (χ4n) is 3.47. The molecule has 0 bridgehead atoms. The lowest BCUT2D eigenvalue weighted by Crippen LogP contribution is -2.42. The Labute approximate surface area is 236 Å². The highest BCUT2D eigenvalue weighted by Crippen LogP contribution is 2.42. The number of benzene rings is 2. The maximum absolute atomic E-state index is 15.0. The monoisotopic (exact) mass is 638 g/mol. The van der Waals surface area contributed by atoms with Crippen molar-refractivity contribution in [1.29, 1.82) is 0 Å². The Balaban J connectivity index is 2.44. The minimum Gasteiger partial charge on any atom is -0.343 e. The van der Waals surface area contributed by atoms with Crippen LogP contribution in [0.1, 0.15) is 38.5 Å². The van der Waals surface area contributed by atoms with E-state index in [9.17, 15) is 53.5 Å². The molecule has 0 radical (unpaired) electrons. The van der Waals surface area contributed by atoms with Crippen LogP contribution in [-0.4, -0.2) is 49.2 Å². The molecule has 41 heavy (non-hydrogen) atoms. The predicted octanol–water partition coefficient (Wildman–Crippen LogP) is 8.06. The number of hydrogen-bond donors (Lipinski definition) is 1. The first-order chi connectivity index (χ1) is 18.7. The summed E-state index contributed by atoms with van der Waals surface area (Å²) in [5.41, 5.74) is -4.45. The first-order valence-corrected chi connectivity index (χ1v) is 11.8. The van der Waals surface area contributed by atoms with Gasteiger partial charge < -0.3 is 10.2 Å². The highest BCUT2D eigenvalue weighted by molar-refractivity contribution is 6.37. The number of nitrogens with zero attached hydrogens (tertiary/aromatic N) is 1. The van der Waals surface area contributed by atoms with Gasteiger partial charge in [0.25, 0.3) is 5.91 Å². The molecule has 1 N–H and O–H groups in total. The fraction of sp³-hybridized carbons (Fsp3) is 0.280. The van der Waals surface area contributed by atoms with E-state index in [1.165, 1.54) is 6.08 Å². The number of hydrogen-bond acceptors (Lipinski definition) is 2. The van der Waals surface area contributed by atoms with Crippen LogP contribution in [0.15, 0.2) is 43.0 Å². The van der Waals surface area contributed by atoms with Gasteiger partial charge in [0.05, 0.1) is 17.7 Å². The van der Waals surface area contributed by atoms with Gasteiger partial charge in [-0.15, -0.1) is 0 Å². The van der Waals surface area contributed by atoms with Gasteiger partial charge in [0, 0.05) is 28.2 Å². The maximum atomic E-state index is 15.0. The van der Waals surface area contributed by atoms with E-state index < -0.39 is 77.4 Å².